The van der Waals surface area contributed by atoms with Gasteiger partial charge in [0.1, 0.15) is 23.4 Å². The summed E-state index contributed by atoms with van der Waals surface area (Å²) in [6.45, 7) is 1.51. The van der Waals surface area contributed by atoms with Gasteiger partial charge in [-0.1, -0.05) is 0 Å². The first kappa shape index (κ1) is 23.1. The first-order chi connectivity index (χ1) is 17.3. The van der Waals surface area contributed by atoms with Crippen molar-refractivity contribution in [2.24, 2.45) is 10.9 Å². The fraction of sp³-hybridized carbons (Fsp3) is 0.120. The number of hydrogen-bond donors (Lipinski definition) is 4. The van der Waals surface area contributed by atoms with E-state index in [-0.39, 0.29) is 17.1 Å². The van der Waals surface area contributed by atoms with Gasteiger partial charge in [-0.05, 0) is 67.1 Å². The fourth-order valence-electron chi connectivity index (χ4n) is 4.17. The van der Waals surface area contributed by atoms with Gasteiger partial charge in [-0.2, -0.15) is 5.10 Å². The number of rotatable bonds is 5. The van der Waals surface area contributed by atoms with Crippen LogP contribution in [-0.2, 0) is 4.79 Å². The topological polar surface area (TPSA) is 111 Å². The Morgan fingerprint density at radius 1 is 0.917 bits per heavy atom. The Morgan fingerprint density at radius 2 is 1.61 bits per heavy atom. The largest absolute Gasteiger partial charge is 0.341 e. The van der Waals surface area contributed by atoms with Crippen LogP contribution in [0.2, 0.25) is 0 Å². The molecule has 36 heavy (non-hydrogen) atoms. The molecule has 8 nitrogen and oxygen atoms in total. The molecule has 182 valence electrons. The molecule has 3 aromatic carbocycles. The number of halogens is 3. The predicted octanol–water partition coefficient (Wildman–Crippen LogP) is 5.20. The summed E-state index contributed by atoms with van der Waals surface area (Å²) in [5.74, 6) is -3.10. The second kappa shape index (κ2) is 9.17. The number of aromatic amines is 1. The van der Waals surface area contributed by atoms with Crippen LogP contribution in [0.25, 0.3) is 10.9 Å². The maximum Gasteiger partial charge on any atom is 0.341 e. The Morgan fingerprint density at radius 3 is 2.33 bits per heavy atom. The van der Waals surface area contributed by atoms with Gasteiger partial charge in [0.15, 0.2) is 5.82 Å². The Kier molecular flexibility index (Phi) is 5.88. The average molecular weight is 492 g/mol. The maximum atomic E-state index is 13.9. The molecule has 2 unspecified atom stereocenters. The molecule has 4 aromatic rings. The molecule has 5 rings (SSSR count). The number of aromatic nitrogens is 2. The van der Waals surface area contributed by atoms with Crippen LogP contribution in [-0.4, -0.2) is 27.8 Å². The number of benzene rings is 3. The molecule has 1 aliphatic rings. The molecule has 0 aliphatic carbocycles. The molecular formula is C25H19F3N6O2. The third-order valence-corrected chi connectivity index (χ3v) is 5.80. The van der Waals surface area contributed by atoms with E-state index < -0.39 is 35.5 Å². The number of nitrogens with one attached hydrogen (secondary N) is 4. The van der Waals surface area contributed by atoms with Crippen LogP contribution in [0.4, 0.5) is 35.2 Å². The van der Waals surface area contributed by atoms with Crippen LogP contribution < -0.4 is 16.0 Å². The number of anilines is 3. The molecule has 0 bridgehead atoms. The van der Waals surface area contributed by atoms with Crippen molar-refractivity contribution in [1.29, 1.82) is 0 Å². The summed E-state index contributed by atoms with van der Waals surface area (Å²) in [6, 6.07) is 11.9. The number of nitrogens with zero attached hydrogens (tertiary/aromatic N) is 2. The molecule has 0 saturated heterocycles. The van der Waals surface area contributed by atoms with E-state index >= 15 is 0 Å². The lowest BCUT2D eigenvalue weighted by atomic mass is 9.87. The van der Waals surface area contributed by atoms with Gasteiger partial charge in [0.05, 0.1) is 11.6 Å². The number of H-pyrrole nitrogens is 1. The Hall–Kier alpha value is -4.67. The fourth-order valence-corrected chi connectivity index (χ4v) is 4.17. The van der Waals surface area contributed by atoms with Crippen molar-refractivity contribution < 1.29 is 22.8 Å². The smallest absolute Gasteiger partial charge is 0.338 e. The predicted molar refractivity (Wildman–Crippen MR) is 129 cm³/mol. The standard InChI is InChI=1S/C25H19F3N6O2/c1-12-21(22(32-25(36)29-12)13-8-15(27)10-16(28)9-13)24(35)31-18-6-7-20-19(11-18)23(34-33-20)30-17-4-2-14(26)3-5-17/h2-11,21-22H,1H3,(H,31,35)(H,32,36)(H2,30,33,34). The number of aliphatic imine (C=N–C) groups is 1. The molecule has 0 spiro atoms. The summed E-state index contributed by atoms with van der Waals surface area (Å²) in [4.78, 5) is 29.2. The van der Waals surface area contributed by atoms with Crippen molar-refractivity contribution >= 4 is 45.7 Å². The second-order valence-corrected chi connectivity index (χ2v) is 8.31. The molecule has 2 heterocycles. The molecule has 4 N–H and O–H groups in total. The van der Waals surface area contributed by atoms with E-state index in [1.165, 1.54) is 19.1 Å². The van der Waals surface area contributed by atoms with Gasteiger partial charge >= 0.3 is 6.03 Å². The third-order valence-electron chi connectivity index (χ3n) is 5.80. The zero-order valence-electron chi connectivity index (χ0n) is 18.8. The first-order valence-corrected chi connectivity index (χ1v) is 10.9. The highest BCUT2D eigenvalue weighted by atomic mass is 19.1. The van der Waals surface area contributed by atoms with Gasteiger partial charge in [0, 0.05) is 28.5 Å². The number of hydrogen-bond acceptors (Lipinski definition) is 4. The van der Waals surface area contributed by atoms with Crippen LogP contribution in [0.15, 0.2) is 65.7 Å². The lowest BCUT2D eigenvalue weighted by Crippen LogP contribution is -2.45. The number of fused-ring (bicyclic) bond motifs is 1. The Bertz CT molecular complexity index is 1500. The van der Waals surface area contributed by atoms with Crippen LogP contribution in [0.3, 0.4) is 0 Å². The van der Waals surface area contributed by atoms with Crippen molar-refractivity contribution in [3.63, 3.8) is 0 Å². The third kappa shape index (κ3) is 4.63. The Labute approximate surface area is 202 Å². The zero-order valence-corrected chi connectivity index (χ0v) is 18.8. The summed E-state index contributed by atoms with van der Waals surface area (Å²) >= 11 is 0. The van der Waals surface area contributed by atoms with E-state index in [2.05, 4.69) is 31.1 Å². The molecule has 0 fully saturated rings. The lowest BCUT2D eigenvalue weighted by Gasteiger charge is -2.30. The van der Waals surface area contributed by atoms with Crippen molar-refractivity contribution in [2.75, 3.05) is 10.6 Å². The highest BCUT2D eigenvalue weighted by molar-refractivity contribution is 6.13. The maximum absolute atomic E-state index is 13.9. The summed E-state index contributed by atoms with van der Waals surface area (Å²) in [5, 5.41) is 16.2. The summed E-state index contributed by atoms with van der Waals surface area (Å²) in [7, 11) is 0. The zero-order chi connectivity index (χ0) is 25.4. The molecule has 0 radical (unpaired) electrons. The van der Waals surface area contributed by atoms with Crippen LogP contribution in [0.1, 0.15) is 18.5 Å². The minimum Gasteiger partial charge on any atom is -0.338 e. The lowest BCUT2D eigenvalue weighted by molar-refractivity contribution is -0.118. The molecule has 3 amide bonds. The monoisotopic (exact) mass is 492 g/mol. The number of urea groups is 1. The highest BCUT2D eigenvalue weighted by Crippen LogP contribution is 2.31. The van der Waals surface area contributed by atoms with Gasteiger partial charge in [0.2, 0.25) is 5.91 Å². The summed E-state index contributed by atoms with van der Waals surface area (Å²) in [6.07, 6.45) is 0. The molecule has 2 atom stereocenters. The highest BCUT2D eigenvalue weighted by Gasteiger charge is 2.37. The minimum absolute atomic E-state index is 0.103. The average Bonchev–Trinajstić information content (AvgIpc) is 3.21. The van der Waals surface area contributed by atoms with E-state index in [0.717, 1.165) is 12.1 Å². The van der Waals surface area contributed by atoms with Crippen molar-refractivity contribution in [2.45, 2.75) is 13.0 Å². The SMILES string of the molecule is CC1=NC(=O)NC(c2cc(F)cc(F)c2)C1C(=O)Nc1ccc2[nH]nc(Nc3ccc(F)cc3)c2c1. The normalized spacial score (nSPS) is 17.4. The molecular weight excluding hydrogens is 473 g/mol. The second-order valence-electron chi connectivity index (χ2n) is 8.31. The van der Waals surface area contributed by atoms with Gasteiger partial charge in [-0.25, -0.2) is 23.0 Å². The van der Waals surface area contributed by atoms with E-state index in [9.17, 15) is 22.8 Å². The van der Waals surface area contributed by atoms with E-state index in [1.807, 2.05) is 0 Å². The Balaban J connectivity index is 1.43. The number of carbonyl (C=O) groups excluding carboxylic acids is 2. The quantitative estimate of drug-likeness (QED) is 0.307. The molecule has 0 saturated carbocycles. The van der Waals surface area contributed by atoms with Crippen LogP contribution >= 0.6 is 0 Å². The molecule has 1 aliphatic heterocycles. The van der Waals surface area contributed by atoms with Crippen molar-refractivity contribution in [3.05, 3.63) is 83.7 Å². The van der Waals surface area contributed by atoms with Gasteiger partial charge in [-0.3, -0.25) is 9.89 Å². The van der Waals surface area contributed by atoms with Crippen LogP contribution in [0.5, 0.6) is 0 Å². The van der Waals surface area contributed by atoms with Crippen molar-refractivity contribution in [3.8, 4) is 0 Å². The van der Waals surface area contributed by atoms with E-state index in [1.54, 1.807) is 30.3 Å². The summed E-state index contributed by atoms with van der Waals surface area (Å²) < 4.78 is 40.9. The number of carbonyl (C=O) groups is 2. The molecule has 11 heteroatoms. The van der Waals surface area contributed by atoms with E-state index in [0.29, 0.717) is 34.2 Å². The minimum atomic E-state index is -1.02. The van der Waals surface area contributed by atoms with Gasteiger partial charge in [0.25, 0.3) is 0 Å². The van der Waals surface area contributed by atoms with Crippen molar-refractivity contribution in [1.82, 2.24) is 15.5 Å². The van der Waals surface area contributed by atoms with Gasteiger partial charge in [-0.15, -0.1) is 0 Å². The van der Waals surface area contributed by atoms with E-state index in [4.69, 9.17) is 0 Å². The van der Waals surface area contributed by atoms with Crippen LogP contribution in [0, 0.1) is 23.4 Å². The summed E-state index contributed by atoms with van der Waals surface area (Å²) in [5.41, 5.74) is 2.04. The van der Waals surface area contributed by atoms with Gasteiger partial charge < -0.3 is 16.0 Å². The number of amides is 3. The molecule has 1 aromatic heterocycles. The first-order valence-electron chi connectivity index (χ1n) is 10.9.